The fraction of sp³-hybridized carbons (Fsp3) is 0.250. The van der Waals surface area contributed by atoms with Crippen molar-refractivity contribution < 1.29 is 4.79 Å². The van der Waals surface area contributed by atoms with Crippen molar-refractivity contribution in [2.75, 3.05) is 5.32 Å². The Hall–Kier alpha value is -2.20. The lowest BCUT2D eigenvalue weighted by molar-refractivity contribution is -0.117. The van der Waals surface area contributed by atoms with Crippen LogP contribution in [0.2, 0.25) is 0 Å². The van der Waals surface area contributed by atoms with E-state index < -0.39 is 0 Å². The molecule has 0 spiro atoms. The fourth-order valence-corrected chi connectivity index (χ4v) is 1.94. The number of amides is 1. The Morgan fingerprint density at radius 1 is 1.05 bits per heavy atom. The average Bonchev–Trinajstić information content (AvgIpc) is 2.49. The van der Waals surface area contributed by atoms with Crippen molar-refractivity contribution in [3.63, 3.8) is 0 Å². The van der Waals surface area contributed by atoms with Crippen molar-refractivity contribution >= 4 is 11.6 Å². The van der Waals surface area contributed by atoms with E-state index in [1.807, 2.05) is 62.4 Å². The van der Waals surface area contributed by atoms with Gasteiger partial charge in [-0.3, -0.25) is 15.1 Å². The third-order valence-electron chi connectivity index (χ3n) is 3.07. The number of para-hydroxylation sites is 1. The van der Waals surface area contributed by atoms with Crippen molar-refractivity contribution in [2.45, 2.75) is 25.9 Å². The first-order chi connectivity index (χ1) is 9.66. The van der Waals surface area contributed by atoms with E-state index in [1.165, 1.54) is 0 Å². The number of rotatable bonds is 5. The molecule has 2 rings (SSSR count). The van der Waals surface area contributed by atoms with Crippen LogP contribution in [-0.4, -0.2) is 16.9 Å². The van der Waals surface area contributed by atoms with Crippen LogP contribution >= 0.6 is 0 Å². The van der Waals surface area contributed by atoms with Gasteiger partial charge in [0, 0.05) is 17.9 Å². The number of hydrogen-bond donors (Lipinski definition) is 2. The van der Waals surface area contributed by atoms with Crippen LogP contribution in [0.1, 0.15) is 25.6 Å². The van der Waals surface area contributed by atoms with Crippen LogP contribution in [0.5, 0.6) is 0 Å². The average molecular weight is 269 g/mol. The molecule has 0 saturated heterocycles. The second-order valence-corrected chi connectivity index (χ2v) is 4.72. The van der Waals surface area contributed by atoms with E-state index >= 15 is 0 Å². The molecule has 2 atom stereocenters. The third kappa shape index (κ3) is 3.90. The third-order valence-corrected chi connectivity index (χ3v) is 3.07. The minimum absolute atomic E-state index is 0.0210. The highest BCUT2D eigenvalue weighted by molar-refractivity contribution is 5.94. The molecule has 0 bridgehead atoms. The van der Waals surface area contributed by atoms with Crippen LogP contribution in [0.4, 0.5) is 5.69 Å². The second-order valence-electron chi connectivity index (χ2n) is 4.72. The lowest BCUT2D eigenvalue weighted by Crippen LogP contribution is -2.39. The smallest absolute Gasteiger partial charge is 0.241 e. The highest BCUT2D eigenvalue weighted by Gasteiger charge is 2.16. The van der Waals surface area contributed by atoms with Gasteiger partial charge in [0.2, 0.25) is 5.91 Å². The van der Waals surface area contributed by atoms with Crippen LogP contribution in [0.3, 0.4) is 0 Å². The van der Waals surface area contributed by atoms with E-state index in [0.29, 0.717) is 0 Å². The van der Waals surface area contributed by atoms with Gasteiger partial charge >= 0.3 is 0 Å². The van der Waals surface area contributed by atoms with Crippen molar-refractivity contribution in [2.24, 2.45) is 0 Å². The molecule has 4 nitrogen and oxygen atoms in total. The molecule has 0 fully saturated rings. The Balaban J connectivity index is 1.91. The maximum atomic E-state index is 12.1. The first kappa shape index (κ1) is 14.2. The minimum Gasteiger partial charge on any atom is -0.325 e. The number of nitrogens with one attached hydrogen (secondary N) is 2. The van der Waals surface area contributed by atoms with Gasteiger partial charge in [-0.25, -0.2) is 0 Å². The molecule has 1 amide bonds. The summed E-state index contributed by atoms with van der Waals surface area (Å²) in [6, 6.07) is 14.9. The molecule has 0 radical (unpaired) electrons. The van der Waals surface area contributed by atoms with Crippen molar-refractivity contribution in [1.29, 1.82) is 0 Å². The molecule has 2 N–H and O–H groups in total. The number of carbonyl (C=O) groups is 1. The minimum atomic E-state index is -0.299. The Labute approximate surface area is 119 Å². The Bertz CT molecular complexity index is 542. The number of hydrogen-bond acceptors (Lipinski definition) is 3. The fourth-order valence-electron chi connectivity index (χ4n) is 1.94. The maximum absolute atomic E-state index is 12.1. The summed E-state index contributed by atoms with van der Waals surface area (Å²) in [4.78, 5) is 16.4. The molecule has 4 heteroatoms. The van der Waals surface area contributed by atoms with E-state index in [2.05, 4.69) is 15.6 Å². The van der Waals surface area contributed by atoms with Crippen LogP contribution in [0.25, 0.3) is 0 Å². The molecule has 1 heterocycles. The van der Waals surface area contributed by atoms with Crippen LogP contribution < -0.4 is 10.6 Å². The maximum Gasteiger partial charge on any atom is 0.241 e. The van der Waals surface area contributed by atoms with E-state index in [9.17, 15) is 4.79 Å². The Morgan fingerprint density at radius 3 is 2.40 bits per heavy atom. The van der Waals surface area contributed by atoms with Crippen LogP contribution in [0.15, 0.2) is 54.7 Å². The van der Waals surface area contributed by atoms with Crippen LogP contribution in [-0.2, 0) is 4.79 Å². The van der Waals surface area contributed by atoms with E-state index in [0.717, 1.165) is 11.4 Å². The number of aromatic nitrogens is 1. The summed E-state index contributed by atoms with van der Waals surface area (Å²) < 4.78 is 0. The lowest BCUT2D eigenvalue weighted by atomic mass is 10.2. The summed E-state index contributed by atoms with van der Waals surface area (Å²) in [5.74, 6) is -0.0565. The molecule has 0 aliphatic carbocycles. The number of benzene rings is 1. The SMILES string of the molecule is CC(N[C@@H](C)c1ccccn1)C(=O)Nc1ccccc1. The summed E-state index contributed by atoms with van der Waals surface area (Å²) in [6.07, 6.45) is 1.75. The van der Waals surface area contributed by atoms with Gasteiger partial charge in [0.25, 0.3) is 0 Å². The number of nitrogens with zero attached hydrogens (tertiary/aromatic N) is 1. The molecule has 1 aromatic carbocycles. The molecule has 1 unspecified atom stereocenters. The van der Waals surface area contributed by atoms with E-state index in [1.54, 1.807) is 6.20 Å². The molecule has 0 aliphatic rings. The Morgan fingerprint density at radius 2 is 1.75 bits per heavy atom. The molecule has 0 saturated carbocycles. The molecule has 104 valence electrons. The van der Waals surface area contributed by atoms with Gasteiger partial charge in [0.05, 0.1) is 11.7 Å². The van der Waals surface area contributed by atoms with Gasteiger partial charge in [-0.2, -0.15) is 0 Å². The van der Waals surface area contributed by atoms with Gasteiger partial charge in [0.1, 0.15) is 0 Å². The zero-order valence-corrected chi connectivity index (χ0v) is 11.7. The normalized spacial score (nSPS) is 13.5. The number of pyridine rings is 1. The number of carbonyl (C=O) groups excluding carboxylic acids is 1. The summed E-state index contributed by atoms with van der Waals surface area (Å²) >= 11 is 0. The molecule has 0 aliphatic heterocycles. The molecular weight excluding hydrogens is 250 g/mol. The van der Waals surface area contributed by atoms with Gasteiger partial charge in [-0.05, 0) is 38.1 Å². The first-order valence-corrected chi connectivity index (χ1v) is 6.69. The van der Waals surface area contributed by atoms with Gasteiger partial charge in [-0.15, -0.1) is 0 Å². The van der Waals surface area contributed by atoms with E-state index in [4.69, 9.17) is 0 Å². The monoisotopic (exact) mass is 269 g/mol. The predicted molar refractivity (Wildman–Crippen MR) is 80.3 cm³/mol. The first-order valence-electron chi connectivity index (χ1n) is 6.69. The summed E-state index contributed by atoms with van der Waals surface area (Å²) in [5.41, 5.74) is 1.73. The summed E-state index contributed by atoms with van der Waals surface area (Å²) in [5, 5.41) is 6.12. The van der Waals surface area contributed by atoms with E-state index in [-0.39, 0.29) is 18.0 Å². The molecule has 20 heavy (non-hydrogen) atoms. The largest absolute Gasteiger partial charge is 0.325 e. The molecule has 2 aromatic rings. The zero-order valence-electron chi connectivity index (χ0n) is 11.7. The zero-order chi connectivity index (χ0) is 14.4. The lowest BCUT2D eigenvalue weighted by Gasteiger charge is -2.19. The van der Waals surface area contributed by atoms with Gasteiger partial charge < -0.3 is 5.32 Å². The van der Waals surface area contributed by atoms with Gasteiger partial charge in [0.15, 0.2) is 0 Å². The quantitative estimate of drug-likeness (QED) is 0.877. The van der Waals surface area contributed by atoms with Crippen molar-refractivity contribution in [1.82, 2.24) is 10.3 Å². The standard InChI is InChI=1S/C16H19N3O/c1-12(15-10-6-7-11-17-15)18-13(2)16(20)19-14-8-4-3-5-9-14/h3-13,18H,1-2H3,(H,19,20)/t12-,13?/m0/s1. The highest BCUT2D eigenvalue weighted by atomic mass is 16.2. The molecular formula is C16H19N3O. The molecule has 1 aromatic heterocycles. The highest BCUT2D eigenvalue weighted by Crippen LogP contribution is 2.10. The predicted octanol–water partition coefficient (Wildman–Crippen LogP) is 2.76. The number of anilines is 1. The van der Waals surface area contributed by atoms with Crippen LogP contribution in [0, 0.1) is 0 Å². The summed E-state index contributed by atoms with van der Waals surface area (Å²) in [7, 11) is 0. The summed E-state index contributed by atoms with van der Waals surface area (Å²) in [6.45, 7) is 3.84. The van der Waals surface area contributed by atoms with Crippen molar-refractivity contribution in [3.05, 3.63) is 60.4 Å². The second kappa shape index (κ2) is 6.82. The van der Waals surface area contributed by atoms with Crippen molar-refractivity contribution in [3.8, 4) is 0 Å². The van der Waals surface area contributed by atoms with Gasteiger partial charge in [-0.1, -0.05) is 24.3 Å². The topological polar surface area (TPSA) is 54.0 Å². The Kier molecular flexibility index (Phi) is 4.85.